The van der Waals surface area contributed by atoms with Gasteiger partial charge in [-0.25, -0.2) is 0 Å². The normalized spacial score (nSPS) is 11.7. The van der Waals surface area contributed by atoms with E-state index in [0.29, 0.717) is 6.54 Å². The number of aryl methyl sites for hydroxylation is 1. The van der Waals surface area contributed by atoms with Crippen LogP contribution in [0.5, 0.6) is 0 Å². The summed E-state index contributed by atoms with van der Waals surface area (Å²) in [5.41, 5.74) is 8.04. The predicted octanol–water partition coefficient (Wildman–Crippen LogP) is 1.63. The molecule has 1 heterocycles. The van der Waals surface area contributed by atoms with Gasteiger partial charge in [0.15, 0.2) is 0 Å². The highest BCUT2D eigenvalue weighted by Gasteiger charge is 2.20. The molecule has 0 spiro atoms. The first kappa shape index (κ1) is 9.20. The highest BCUT2D eigenvalue weighted by molar-refractivity contribution is 5.27. The van der Waals surface area contributed by atoms with Crippen molar-refractivity contribution >= 4 is 0 Å². The highest BCUT2D eigenvalue weighted by atomic mass is 14.7. The van der Waals surface area contributed by atoms with E-state index in [-0.39, 0.29) is 5.41 Å². The van der Waals surface area contributed by atoms with Gasteiger partial charge in [-0.2, -0.15) is 0 Å². The molecule has 2 nitrogen and oxygen atoms in total. The second-order valence-electron chi connectivity index (χ2n) is 3.72. The number of nitrogens with two attached hydrogens (primary N) is 1. The third kappa shape index (κ3) is 1.64. The lowest BCUT2D eigenvalue weighted by Crippen LogP contribution is -2.29. The Kier molecular flexibility index (Phi) is 2.48. The van der Waals surface area contributed by atoms with Crippen LogP contribution in [0.2, 0.25) is 0 Å². The number of aromatic nitrogens is 1. The molecule has 1 aromatic heterocycles. The van der Waals surface area contributed by atoms with Gasteiger partial charge in [0.05, 0.1) is 0 Å². The van der Waals surface area contributed by atoms with Gasteiger partial charge in [0.2, 0.25) is 0 Å². The summed E-state index contributed by atoms with van der Waals surface area (Å²) in [5.74, 6) is 0. The van der Waals surface area contributed by atoms with E-state index in [2.05, 4.69) is 24.9 Å². The molecule has 12 heavy (non-hydrogen) atoms. The summed E-state index contributed by atoms with van der Waals surface area (Å²) in [6.45, 7) is 6.94. The molecule has 0 aliphatic heterocycles. The Bertz CT molecular complexity index is 266. The smallest absolute Gasteiger partial charge is 0.0410 e. The van der Waals surface area contributed by atoms with Crippen molar-refractivity contribution in [3.63, 3.8) is 0 Å². The molecule has 0 bridgehead atoms. The van der Waals surface area contributed by atoms with E-state index in [1.807, 2.05) is 19.2 Å². The van der Waals surface area contributed by atoms with Crippen LogP contribution in [0.4, 0.5) is 0 Å². The van der Waals surface area contributed by atoms with E-state index in [1.165, 1.54) is 5.56 Å². The zero-order valence-corrected chi connectivity index (χ0v) is 7.96. The lowest BCUT2D eigenvalue weighted by molar-refractivity contribution is 0.533. The van der Waals surface area contributed by atoms with Crippen LogP contribution < -0.4 is 5.73 Å². The minimum Gasteiger partial charge on any atom is -0.330 e. The maximum Gasteiger partial charge on any atom is 0.0410 e. The van der Waals surface area contributed by atoms with Gasteiger partial charge >= 0.3 is 0 Å². The van der Waals surface area contributed by atoms with E-state index < -0.39 is 0 Å². The molecule has 0 unspecified atom stereocenters. The molecule has 0 fully saturated rings. The van der Waals surface area contributed by atoms with Crippen molar-refractivity contribution in [1.82, 2.24) is 4.98 Å². The van der Waals surface area contributed by atoms with Crippen molar-refractivity contribution < 1.29 is 0 Å². The topological polar surface area (TPSA) is 38.9 Å². The maximum atomic E-state index is 5.68. The summed E-state index contributed by atoms with van der Waals surface area (Å²) < 4.78 is 0. The van der Waals surface area contributed by atoms with Gasteiger partial charge in [0.25, 0.3) is 0 Å². The van der Waals surface area contributed by atoms with Crippen LogP contribution in [0.1, 0.15) is 25.1 Å². The number of hydrogen-bond donors (Lipinski definition) is 1. The molecule has 0 saturated carbocycles. The van der Waals surface area contributed by atoms with Gasteiger partial charge in [-0.1, -0.05) is 19.9 Å². The third-order valence-electron chi connectivity index (χ3n) is 2.25. The number of hydrogen-bond acceptors (Lipinski definition) is 2. The first-order valence-electron chi connectivity index (χ1n) is 4.20. The Hall–Kier alpha value is -0.890. The number of pyridine rings is 1. The molecular weight excluding hydrogens is 148 g/mol. The van der Waals surface area contributed by atoms with Crippen molar-refractivity contribution in [2.24, 2.45) is 5.73 Å². The van der Waals surface area contributed by atoms with Crippen LogP contribution in [-0.2, 0) is 5.41 Å². The lowest BCUT2D eigenvalue weighted by atomic mass is 9.84. The summed E-state index contributed by atoms with van der Waals surface area (Å²) in [4.78, 5) is 4.24. The van der Waals surface area contributed by atoms with E-state index in [4.69, 9.17) is 5.73 Å². The monoisotopic (exact) mass is 164 g/mol. The van der Waals surface area contributed by atoms with Crippen molar-refractivity contribution in [2.45, 2.75) is 26.2 Å². The molecule has 66 valence electrons. The van der Waals surface area contributed by atoms with Crippen LogP contribution >= 0.6 is 0 Å². The predicted molar refractivity (Wildman–Crippen MR) is 51.1 cm³/mol. The Labute approximate surface area is 73.8 Å². The van der Waals surface area contributed by atoms with E-state index >= 15 is 0 Å². The van der Waals surface area contributed by atoms with Crippen LogP contribution in [0.15, 0.2) is 18.3 Å². The molecule has 2 heteroatoms. The Morgan fingerprint density at radius 3 is 2.67 bits per heavy atom. The SMILES string of the molecule is Cc1ncccc1C(C)(C)CN. The van der Waals surface area contributed by atoms with Crippen molar-refractivity contribution in [3.05, 3.63) is 29.6 Å². The molecule has 0 aliphatic rings. The van der Waals surface area contributed by atoms with Gasteiger partial charge in [0, 0.05) is 23.9 Å². The average molecular weight is 164 g/mol. The van der Waals surface area contributed by atoms with Crippen molar-refractivity contribution in [3.8, 4) is 0 Å². The van der Waals surface area contributed by atoms with E-state index in [1.54, 1.807) is 0 Å². The second-order valence-corrected chi connectivity index (χ2v) is 3.72. The molecule has 2 N–H and O–H groups in total. The molecular formula is C10H16N2. The minimum absolute atomic E-state index is 0.0400. The largest absolute Gasteiger partial charge is 0.330 e. The molecule has 0 aliphatic carbocycles. The molecule has 0 atom stereocenters. The van der Waals surface area contributed by atoms with Crippen LogP contribution in [-0.4, -0.2) is 11.5 Å². The quantitative estimate of drug-likeness (QED) is 0.721. The third-order valence-corrected chi connectivity index (χ3v) is 2.25. The number of nitrogens with zero attached hydrogens (tertiary/aromatic N) is 1. The van der Waals surface area contributed by atoms with Gasteiger partial charge in [-0.05, 0) is 18.6 Å². The van der Waals surface area contributed by atoms with Gasteiger partial charge in [0.1, 0.15) is 0 Å². The summed E-state index contributed by atoms with van der Waals surface area (Å²) in [6, 6.07) is 4.05. The first-order valence-corrected chi connectivity index (χ1v) is 4.20. The first-order chi connectivity index (χ1) is 5.58. The Morgan fingerprint density at radius 1 is 1.50 bits per heavy atom. The summed E-state index contributed by atoms with van der Waals surface area (Å²) in [7, 11) is 0. The summed E-state index contributed by atoms with van der Waals surface area (Å²) >= 11 is 0. The Balaban J connectivity index is 3.10. The van der Waals surface area contributed by atoms with Crippen LogP contribution in [0, 0.1) is 6.92 Å². The zero-order valence-electron chi connectivity index (χ0n) is 7.96. The Morgan fingerprint density at radius 2 is 2.17 bits per heavy atom. The average Bonchev–Trinajstić information content (AvgIpc) is 2.05. The molecule has 1 rings (SSSR count). The summed E-state index contributed by atoms with van der Waals surface area (Å²) in [5, 5.41) is 0. The zero-order chi connectivity index (χ0) is 9.19. The molecule has 1 aromatic rings. The maximum absolute atomic E-state index is 5.68. The van der Waals surface area contributed by atoms with Gasteiger partial charge in [-0.3, -0.25) is 4.98 Å². The molecule has 0 amide bonds. The molecule has 0 aromatic carbocycles. The van der Waals surface area contributed by atoms with Crippen LogP contribution in [0.25, 0.3) is 0 Å². The van der Waals surface area contributed by atoms with Gasteiger partial charge < -0.3 is 5.73 Å². The standard InChI is InChI=1S/C10H16N2/c1-8-9(5-4-6-12-8)10(2,3)7-11/h4-6H,7,11H2,1-3H3. The van der Waals surface area contributed by atoms with E-state index in [9.17, 15) is 0 Å². The van der Waals surface area contributed by atoms with Gasteiger partial charge in [-0.15, -0.1) is 0 Å². The van der Waals surface area contributed by atoms with Crippen molar-refractivity contribution in [2.75, 3.05) is 6.54 Å². The second kappa shape index (κ2) is 3.23. The fourth-order valence-electron chi connectivity index (χ4n) is 1.31. The van der Waals surface area contributed by atoms with E-state index in [0.717, 1.165) is 5.69 Å². The minimum atomic E-state index is 0.0400. The molecule has 0 saturated heterocycles. The fraction of sp³-hybridized carbons (Fsp3) is 0.500. The lowest BCUT2D eigenvalue weighted by Gasteiger charge is -2.24. The number of rotatable bonds is 2. The van der Waals surface area contributed by atoms with Crippen LogP contribution in [0.3, 0.4) is 0 Å². The van der Waals surface area contributed by atoms with Crippen molar-refractivity contribution in [1.29, 1.82) is 0 Å². The summed E-state index contributed by atoms with van der Waals surface area (Å²) in [6.07, 6.45) is 1.81. The fourth-order valence-corrected chi connectivity index (χ4v) is 1.31. The molecule has 0 radical (unpaired) electrons. The highest BCUT2D eigenvalue weighted by Crippen LogP contribution is 2.23.